The monoisotopic (exact) mass is 279 g/mol. The second-order valence-corrected chi connectivity index (χ2v) is 5.47. The van der Waals surface area contributed by atoms with Crippen LogP contribution in [0.4, 0.5) is 0 Å². The van der Waals surface area contributed by atoms with Crippen LogP contribution >= 0.6 is 11.3 Å². The van der Waals surface area contributed by atoms with Gasteiger partial charge in [-0.2, -0.15) is 0 Å². The van der Waals surface area contributed by atoms with Gasteiger partial charge in [0.2, 0.25) is 0 Å². The van der Waals surface area contributed by atoms with E-state index in [1.165, 1.54) is 21.9 Å². The minimum atomic E-state index is -0.349. The molecule has 2 aromatic rings. The Morgan fingerprint density at radius 1 is 1.58 bits per heavy atom. The average molecular weight is 279 g/mol. The number of carbonyl (C=O) groups is 1. The number of fused-ring (bicyclic) bond motifs is 1. The van der Waals surface area contributed by atoms with Crippen LogP contribution < -0.4 is 10.9 Å². The van der Waals surface area contributed by atoms with Crippen molar-refractivity contribution in [3.8, 4) is 0 Å². The van der Waals surface area contributed by atoms with Gasteiger partial charge < -0.3 is 5.32 Å². The summed E-state index contributed by atoms with van der Waals surface area (Å²) in [5, 5.41) is 4.68. The van der Waals surface area contributed by atoms with E-state index < -0.39 is 0 Å². The van der Waals surface area contributed by atoms with Gasteiger partial charge in [0.05, 0.1) is 0 Å². The van der Waals surface area contributed by atoms with Crippen LogP contribution in [0.2, 0.25) is 0 Å². The first-order chi connectivity index (χ1) is 9.04. The maximum Gasteiger partial charge on any atom is 0.271 e. The summed E-state index contributed by atoms with van der Waals surface area (Å²) in [5.74, 6) is -0.349. The number of nitrogens with zero attached hydrogens (tertiary/aromatic N) is 2. The topological polar surface area (TPSA) is 63.5 Å². The molecule has 5 nitrogen and oxygen atoms in total. The van der Waals surface area contributed by atoms with Gasteiger partial charge in [-0.3, -0.25) is 14.0 Å². The largest absolute Gasteiger partial charge is 0.349 e. The predicted molar refractivity (Wildman–Crippen MR) is 75.9 cm³/mol. The molecule has 0 fully saturated rings. The lowest BCUT2D eigenvalue weighted by atomic mass is 10.2. The summed E-state index contributed by atoms with van der Waals surface area (Å²) in [4.78, 5) is 29.1. The summed E-state index contributed by atoms with van der Waals surface area (Å²) >= 11 is 1.39. The van der Waals surface area contributed by atoms with Gasteiger partial charge >= 0.3 is 0 Å². The summed E-state index contributed by atoms with van der Waals surface area (Å²) in [6, 6.07) is 0.0566. The van der Waals surface area contributed by atoms with Gasteiger partial charge in [0.15, 0.2) is 4.96 Å². The molecule has 0 aliphatic rings. The van der Waals surface area contributed by atoms with Gasteiger partial charge in [-0.05, 0) is 20.3 Å². The molecule has 0 aromatic carbocycles. The first kappa shape index (κ1) is 13.7. The van der Waals surface area contributed by atoms with Crippen LogP contribution in [0.5, 0.6) is 0 Å². The van der Waals surface area contributed by atoms with E-state index in [9.17, 15) is 9.59 Å². The molecule has 2 rings (SSSR count). The quantitative estimate of drug-likeness (QED) is 0.930. The number of nitrogens with one attached hydrogen (secondary N) is 1. The minimum Gasteiger partial charge on any atom is -0.349 e. The lowest BCUT2D eigenvalue weighted by Gasteiger charge is -2.12. The van der Waals surface area contributed by atoms with Gasteiger partial charge in [0.25, 0.3) is 11.5 Å². The van der Waals surface area contributed by atoms with Gasteiger partial charge in [-0.15, -0.1) is 11.3 Å². The highest BCUT2D eigenvalue weighted by molar-refractivity contribution is 7.15. The Morgan fingerprint density at radius 2 is 2.32 bits per heavy atom. The van der Waals surface area contributed by atoms with Crippen LogP contribution in [0, 0.1) is 6.92 Å². The fourth-order valence-electron chi connectivity index (χ4n) is 1.99. The lowest BCUT2D eigenvalue weighted by Crippen LogP contribution is -2.36. The fraction of sp³-hybridized carbons (Fsp3) is 0.462. The predicted octanol–water partition coefficient (Wildman–Crippen LogP) is 1.98. The number of aryl methyl sites for hydroxylation is 1. The maximum atomic E-state index is 12.3. The van der Waals surface area contributed by atoms with Crippen LogP contribution in [-0.4, -0.2) is 21.3 Å². The normalized spacial score (nSPS) is 12.6. The fourth-order valence-corrected chi connectivity index (χ4v) is 2.81. The highest BCUT2D eigenvalue weighted by atomic mass is 32.1. The van der Waals surface area contributed by atoms with Crippen molar-refractivity contribution in [2.45, 2.75) is 39.7 Å². The molecule has 0 aliphatic carbocycles. The summed E-state index contributed by atoms with van der Waals surface area (Å²) in [6.07, 6.45) is 3.24. The maximum absolute atomic E-state index is 12.3. The first-order valence-electron chi connectivity index (χ1n) is 6.31. The van der Waals surface area contributed by atoms with E-state index in [0.717, 1.165) is 18.5 Å². The van der Waals surface area contributed by atoms with Gasteiger partial charge in [-0.1, -0.05) is 13.3 Å². The van der Waals surface area contributed by atoms with Crippen molar-refractivity contribution in [2.24, 2.45) is 0 Å². The molecule has 0 saturated heterocycles. The number of hydrogen-bond acceptors (Lipinski definition) is 4. The van der Waals surface area contributed by atoms with E-state index in [1.807, 2.05) is 19.2 Å². The molecule has 2 aromatic heterocycles. The molecule has 1 atom stereocenters. The van der Waals surface area contributed by atoms with Crippen LogP contribution in [0.3, 0.4) is 0 Å². The smallest absolute Gasteiger partial charge is 0.271 e. The average Bonchev–Trinajstić information content (AvgIpc) is 2.72. The van der Waals surface area contributed by atoms with Crippen molar-refractivity contribution >= 4 is 22.2 Å². The third-order valence-corrected chi connectivity index (χ3v) is 3.92. The molecule has 0 saturated carbocycles. The molecule has 1 amide bonds. The van der Waals surface area contributed by atoms with E-state index in [4.69, 9.17) is 0 Å². The summed E-state index contributed by atoms with van der Waals surface area (Å²) in [7, 11) is 0. The van der Waals surface area contributed by atoms with Gasteiger partial charge in [0, 0.05) is 23.3 Å². The molecular weight excluding hydrogens is 262 g/mol. The second-order valence-electron chi connectivity index (χ2n) is 4.64. The van der Waals surface area contributed by atoms with Crippen molar-refractivity contribution < 1.29 is 4.79 Å². The van der Waals surface area contributed by atoms with Crippen LogP contribution in [0.25, 0.3) is 4.96 Å². The summed E-state index contributed by atoms with van der Waals surface area (Å²) in [5.41, 5.74) is 0.598. The third-order valence-electron chi connectivity index (χ3n) is 2.96. The molecule has 1 N–H and O–H groups in total. The molecular formula is C13H17N3O2S. The Morgan fingerprint density at radius 3 is 3.00 bits per heavy atom. The zero-order valence-electron chi connectivity index (χ0n) is 11.3. The molecule has 19 heavy (non-hydrogen) atoms. The van der Waals surface area contributed by atoms with Crippen LogP contribution in [-0.2, 0) is 0 Å². The number of carbonyl (C=O) groups excluding carboxylic acids is 1. The zero-order valence-corrected chi connectivity index (χ0v) is 12.1. The van der Waals surface area contributed by atoms with E-state index in [1.54, 1.807) is 0 Å². The van der Waals surface area contributed by atoms with Gasteiger partial charge in [0.1, 0.15) is 5.56 Å². The van der Waals surface area contributed by atoms with Crippen molar-refractivity contribution in [1.82, 2.24) is 14.7 Å². The number of amides is 1. The molecule has 0 unspecified atom stereocenters. The van der Waals surface area contributed by atoms with E-state index >= 15 is 0 Å². The Kier molecular flexibility index (Phi) is 3.99. The van der Waals surface area contributed by atoms with Crippen molar-refractivity contribution in [3.05, 3.63) is 33.2 Å². The molecule has 2 heterocycles. The number of aromatic nitrogens is 2. The Balaban J connectivity index is 2.35. The van der Waals surface area contributed by atoms with Crippen molar-refractivity contribution in [2.75, 3.05) is 0 Å². The molecule has 0 bridgehead atoms. The third kappa shape index (κ3) is 2.68. The highest BCUT2D eigenvalue weighted by Crippen LogP contribution is 2.11. The first-order valence-corrected chi connectivity index (χ1v) is 7.19. The van der Waals surface area contributed by atoms with Crippen molar-refractivity contribution in [3.63, 3.8) is 0 Å². The minimum absolute atomic E-state index is 0.0566. The SMILES string of the molecule is CCC[C@@H](C)NC(=O)c1cnc2scc(C)n2c1=O. The Hall–Kier alpha value is -1.69. The molecule has 0 spiro atoms. The standard InChI is InChI=1S/C13H17N3O2S/c1-4-5-8(2)15-11(17)10-6-14-13-16(12(10)18)9(3)7-19-13/h6-8H,4-5H2,1-3H3,(H,15,17)/t8-/m1/s1. The molecule has 0 radical (unpaired) electrons. The lowest BCUT2D eigenvalue weighted by molar-refractivity contribution is 0.0936. The second kappa shape index (κ2) is 5.52. The van der Waals surface area contributed by atoms with Crippen LogP contribution in [0.15, 0.2) is 16.4 Å². The van der Waals surface area contributed by atoms with Crippen molar-refractivity contribution in [1.29, 1.82) is 0 Å². The van der Waals surface area contributed by atoms with E-state index in [0.29, 0.717) is 4.96 Å². The molecule has 0 aliphatic heterocycles. The number of rotatable bonds is 4. The Labute approximate surface area is 115 Å². The van der Waals surface area contributed by atoms with E-state index in [-0.39, 0.29) is 23.1 Å². The summed E-state index contributed by atoms with van der Waals surface area (Å²) in [6.45, 7) is 5.81. The molecule has 102 valence electrons. The summed E-state index contributed by atoms with van der Waals surface area (Å²) < 4.78 is 1.48. The highest BCUT2D eigenvalue weighted by Gasteiger charge is 2.16. The van der Waals surface area contributed by atoms with Gasteiger partial charge in [-0.25, -0.2) is 4.98 Å². The van der Waals surface area contributed by atoms with Crippen LogP contribution in [0.1, 0.15) is 42.7 Å². The number of thiazole rings is 1. The molecule has 6 heteroatoms. The number of hydrogen-bond donors (Lipinski definition) is 1. The Bertz CT molecular complexity index is 659. The van der Waals surface area contributed by atoms with E-state index in [2.05, 4.69) is 17.2 Å². The zero-order chi connectivity index (χ0) is 14.0.